The van der Waals surface area contributed by atoms with Crippen molar-refractivity contribution in [2.24, 2.45) is 4.99 Å². The van der Waals surface area contributed by atoms with Gasteiger partial charge in [0.2, 0.25) is 0 Å². The molecule has 2 rings (SSSR count). The van der Waals surface area contributed by atoms with Crippen molar-refractivity contribution < 1.29 is 29.6 Å². The first-order valence-electron chi connectivity index (χ1n) is 4.83. The minimum absolute atomic E-state index is 0. The average molecular weight is 268 g/mol. The van der Waals surface area contributed by atoms with Crippen molar-refractivity contribution in [2.75, 3.05) is 5.73 Å². The number of benzene rings is 1. The predicted molar refractivity (Wildman–Crippen MR) is 68.6 cm³/mol. The maximum Gasteiger partial charge on any atom is 1.00 e. The van der Waals surface area contributed by atoms with Gasteiger partial charge >= 0.3 is 29.6 Å². The van der Waals surface area contributed by atoms with E-state index < -0.39 is 5.56 Å². The molecule has 0 saturated heterocycles. The molecule has 0 aliphatic carbocycles. The van der Waals surface area contributed by atoms with Crippen molar-refractivity contribution in [1.82, 2.24) is 9.97 Å². The Hall–Kier alpha value is -1.21. The molecule has 1 aromatic carbocycles. The first kappa shape index (κ1) is 14.8. The number of nitrogen functional groups attached to an aromatic ring is 1. The van der Waals surface area contributed by atoms with Crippen LogP contribution in [0.1, 0.15) is 5.56 Å². The predicted octanol–water partition coefficient (Wildman–Crippen LogP) is -1.99. The van der Waals surface area contributed by atoms with Crippen LogP contribution in [-0.2, 0) is 12.6 Å². The van der Waals surface area contributed by atoms with Gasteiger partial charge in [-0.05, 0) is 10.7 Å². The Bertz CT molecular complexity index is 612. The van der Waals surface area contributed by atoms with E-state index in [1.54, 1.807) is 6.21 Å². The van der Waals surface area contributed by atoms with Gasteiger partial charge in [0, 0.05) is 6.21 Å². The number of anilines is 1. The number of hydrogen-bond donors (Lipinski definition) is 2. The Kier molecular flexibility index (Phi) is 5.49. The summed E-state index contributed by atoms with van der Waals surface area (Å²) in [6, 6.07) is 9.37. The molecule has 86 valence electrons. The molecule has 3 N–H and O–H groups in total. The molecule has 0 spiro atoms. The zero-order chi connectivity index (χ0) is 12.3. The quantitative estimate of drug-likeness (QED) is 0.286. The van der Waals surface area contributed by atoms with Crippen molar-refractivity contribution in [3.63, 3.8) is 0 Å². The fourth-order valence-corrected chi connectivity index (χ4v) is 1.46. The second kappa shape index (κ2) is 6.65. The minimum atomic E-state index is -0.435. The van der Waals surface area contributed by atoms with Gasteiger partial charge in [-0.3, -0.25) is 4.79 Å². The summed E-state index contributed by atoms with van der Waals surface area (Å²) in [6.07, 6.45) is 1.55. The fraction of sp³-hybridized carbons (Fsp3) is 0. The maximum atomic E-state index is 11.5. The number of rotatable bonds is 2. The van der Waals surface area contributed by atoms with Crippen LogP contribution in [0.15, 0.2) is 45.3 Å². The van der Waals surface area contributed by atoms with Crippen LogP contribution >= 0.6 is 0 Å². The van der Waals surface area contributed by atoms with Crippen LogP contribution in [0.3, 0.4) is 0 Å². The third-order valence-corrected chi connectivity index (χ3v) is 2.24. The van der Waals surface area contributed by atoms with Gasteiger partial charge in [0.15, 0.2) is 11.5 Å². The largest absolute Gasteiger partial charge is 1.00 e. The number of hydrogen-bond acceptors (Lipinski definition) is 5. The van der Waals surface area contributed by atoms with E-state index in [0.29, 0.717) is 0 Å². The summed E-state index contributed by atoms with van der Waals surface area (Å²) in [5, 5.41) is 0.0613. The Labute approximate surface area is 131 Å². The van der Waals surface area contributed by atoms with Gasteiger partial charge in [-0.2, -0.15) is 0 Å². The molecule has 0 amide bonds. The molecular weight excluding hydrogens is 259 g/mol. The molecule has 0 aliphatic rings. The Balaban J connectivity index is 0.00000162. The molecule has 0 unspecified atom stereocenters. The zero-order valence-corrected chi connectivity index (χ0v) is 12.6. The van der Waals surface area contributed by atoms with E-state index >= 15 is 0 Å². The van der Waals surface area contributed by atoms with Crippen LogP contribution in [0.4, 0.5) is 11.5 Å². The summed E-state index contributed by atoms with van der Waals surface area (Å²) in [7, 11) is 0. The van der Waals surface area contributed by atoms with Crippen LogP contribution in [-0.4, -0.2) is 16.2 Å². The Morgan fingerprint density at radius 1 is 1.33 bits per heavy atom. The van der Waals surface area contributed by atoms with Gasteiger partial charge in [-0.15, -0.1) is 0 Å². The average Bonchev–Trinajstić information content (AvgIpc) is 2.29. The first-order valence-corrected chi connectivity index (χ1v) is 5.23. The summed E-state index contributed by atoms with van der Waals surface area (Å²) >= 11 is 4.73. The van der Waals surface area contributed by atoms with E-state index in [1.165, 1.54) is 0 Å². The first-order chi connectivity index (χ1) is 8.16. The van der Waals surface area contributed by atoms with Gasteiger partial charge in [0.1, 0.15) is 0 Å². The second-order valence-corrected chi connectivity index (χ2v) is 3.66. The van der Waals surface area contributed by atoms with Gasteiger partial charge in [0.05, 0.1) is 0 Å². The van der Waals surface area contributed by atoms with Crippen LogP contribution in [0.5, 0.6) is 0 Å². The second-order valence-electron chi connectivity index (χ2n) is 3.27. The summed E-state index contributed by atoms with van der Waals surface area (Å²) in [5.41, 5.74) is 6.08. The smallest absolute Gasteiger partial charge is 0.742 e. The van der Waals surface area contributed by atoms with Crippen molar-refractivity contribution >= 4 is 30.3 Å². The third-order valence-electron chi connectivity index (χ3n) is 2.04. The molecule has 2 aromatic rings. The van der Waals surface area contributed by atoms with Crippen molar-refractivity contribution in [3.8, 4) is 0 Å². The molecule has 0 bridgehead atoms. The number of nitrogens with one attached hydrogen (secondary N) is 1. The van der Waals surface area contributed by atoms with E-state index in [1.807, 2.05) is 30.3 Å². The number of nitrogens with two attached hydrogens (primary N) is 1. The van der Waals surface area contributed by atoms with Gasteiger partial charge in [0.25, 0.3) is 5.56 Å². The van der Waals surface area contributed by atoms with E-state index in [4.69, 9.17) is 18.4 Å². The van der Waals surface area contributed by atoms with Crippen molar-refractivity contribution in [1.29, 1.82) is 0 Å². The fourth-order valence-electron chi connectivity index (χ4n) is 1.27. The third kappa shape index (κ3) is 3.64. The van der Waals surface area contributed by atoms with Crippen LogP contribution in [0, 0.1) is 0 Å². The molecule has 1 heterocycles. The molecule has 0 radical (unpaired) electrons. The molecule has 7 heteroatoms. The van der Waals surface area contributed by atoms with Crippen molar-refractivity contribution in [3.05, 3.63) is 46.2 Å². The van der Waals surface area contributed by atoms with E-state index in [-0.39, 0.29) is 46.2 Å². The van der Waals surface area contributed by atoms with E-state index in [9.17, 15) is 4.79 Å². The minimum Gasteiger partial charge on any atom is -0.742 e. The Morgan fingerprint density at radius 3 is 2.61 bits per heavy atom. The number of nitrogens with zero attached hydrogens (tertiary/aromatic N) is 2. The zero-order valence-electron chi connectivity index (χ0n) is 9.75. The molecule has 18 heavy (non-hydrogen) atoms. The number of aromatic nitrogens is 2. The number of aromatic amines is 1. The molecule has 0 aliphatic heterocycles. The number of H-pyrrole nitrogens is 1. The Morgan fingerprint density at radius 2 is 2.00 bits per heavy atom. The standard InChI is InChI=1S/C11H10N4OS.Na/c12-9-8(10(16)15-11(17)14-9)13-6-7-4-2-1-3-5-7;/h1-6H,(H4,12,14,15,16,17);/q;+1/p-1. The SMILES string of the molecule is Nc1nc([S-])[nH]c(=O)c1N=Cc1ccccc1.[Na+]. The molecule has 1 aromatic heterocycles. The summed E-state index contributed by atoms with van der Waals surface area (Å²) in [6.45, 7) is 0. The van der Waals surface area contributed by atoms with Gasteiger partial charge < -0.3 is 23.3 Å². The molecular formula is C11H9N4NaOS. The van der Waals surface area contributed by atoms with E-state index in [0.717, 1.165) is 5.56 Å². The normalized spacial score (nSPS) is 10.2. The summed E-state index contributed by atoms with van der Waals surface area (Å²) < 4.78 is 0. The molecule has 0 atom stereocenters. The number of aliphatic imine (C=N–C) groups is 1. The van der Waals surface area contributed by atoms with Crippen molar-refractivity contribution in [2.45, 2.75) is 5.16 Å². The van der Waals surface area contributed by atoms with E-state index in [2.05, 4.69) is 15.0 Å². The topological polar surface area (TPSA) is 84.1 Å². The van der Waals surface area contributed by atoms with Crippen LogP contribution < -0.4 is 40.9 Å². The molecule has 5 nitrogen and oxygen atoms in total. The van der Waals surface area contributed by atoms with Gasteiger partial charge in [-0.1, -0.05) is 30.3 Å². The van der Waals surface area contributed by atoms with Gasteiger partial charge in [-0.25, -0.2) is 9.98 Å². The molecule has 0 fully saturated rings. The maximum absolute atomic E-state index is 11.5. The summed E-state index contributed by atoms with van der Waals surface area (Å²) in [5.74, 6) is 0.0333. The molecule has 0 saturated carbocycles. The summed E-state index contributed by atoms with van der Waals surface area (Å²) in [4.78, 5) is 21.7. The van der Waals surface area contributed by atoms with Crippen LogP contribution in [0.2, 0.25) is 0 Å². The monoisotopic (exact) mass is 268 g/mol. The van der Waals surface area contributed by atoms with Crippen LogP contribution in [0.25, 0.3) is 0 Å².